The van der Waals surface area contributed by atoms with E-state index in [9.17, 15) is 4.79 Å². The lowest BCUT2D eigenvalue weighted by molar-refractivity contribution is 0.0931. The van der Waals surface area contributed by atoms with Gasteiger partial charge in [0.2, 0.25) is 0 Å². The van der Waals surface area contributed by atoms with Crippen LogP contribution in [0.5, 0.6) is 0 Å². The fraction of sp³-hybridized carbons (Fsp3) is 0.529. The second-order valence-electron chi connectivity index (χ2n) is 6.17. The average Bonchev–Trinajstić information content (AvgIpc) is 3.26. The molecule has 3 N–H and O–H groups in total. The summed E-state index contributed by atoms with van der Waals surface area (Å²) in [6, 6.07) is 4.31. The standard InChI is InChI=1S/C17H24N4OS2/c18-6-3-16-20-15(12-24-16)17(22)19-10-13-4-7-21(8-5-13)11-14-2-1-9-23-14/h1-2,9,12-13H,3-8,10-11,18H2,(H,19,22). The zero-order valence-corrected chi connectivity index (χ0v) is 15.4. The zero-order valence-electron chi connectivity index (χ0n) is 13.7. The summed E-state index contributed by atoms with van der Waals surface area (Å²) in [5, 5.41) is 7.93. The molecule has 3 rings (SSSR count). The summed E-state index contributed by atoms with van der Waals surface area (Å²) in [7, 11) is 0. The van der Waals surface area contributed by atoms with Crippen molar-refractivity contribution in [3.8, 4) is 0 Å². The van der Waals surface area contributed by atoms with Gasteiger partial charge in [0.15, 0.2) is 0 Å². The third-order valence-electron chi connectivity index (χ3n) is 4.36. The topological polar surface area (TPSA) is 71.2 Å². The van der Waals surface area contributed by atoms with Crippen LogP contribution in [-0.2, 0) is 13.0 Å². The van der Waals surface area contributed by atoms with Crippen LogP contribution in [0.3, 0.4) is 0 Å². The number of rotatable bonds is 7. The molecule has 0 saturated carbocycles. The summed E-state index contributed by atoms with van der Waals surface area (Å²) in [4.78, 5) is 20.4. The summed E-state index contributed by atoms with van der Waals surface area (Å²) in [6.45, 7) is 4.58. The predicted molar refractivity (Wildman–Crippen MR) is 99.5 cm³/mol. The molecule has 0 unspecified atom stereocenters. The van der Waals surface area contributed by atoms with Crippen LogP contribution in [0.1, 0.15) is 33.2 Å². The van der Waals surface area contributed by atoms with E-state index in [-0.39, 0.29) is 5.91 Å². The number of hydrogen-bond acceptors (Lipinski definition) is 6. The average molecular weight is 365 g/mol. The van der Waals surface area contributed by atoms with Crippen molar-refractivity contribution < 1.29 is 4.79 Å². The number of nitrogens with zero attached hydrogens (tertiary/aromatic N) is 2. The normalized spacial score (nSPS) is 16.4. The minimum absolute atomic E-state index is 0.0597. The minimum Gasteiger partial charge on any atom is -0.350 e. The Bertz CT molecular complexity index is 633. The maximum Gasteiger partial charge on any atom is 0.270 e. The van der Waals surface area contributed by atoms with Crippen molar-refractivity contribution in [3.63, 3.8) is 0 Å². The monoisotopic (exact) mass is 364 g/mol. The van der Waals surface area contributed by atoms with Crippen molar-refractivity contribution in [1.82, 2.24) is 15.2 Å². The van der Waals surface area contributed by atoms with Gasteiger partial charge in [-0.05, 0) is 49.8 Å². The number of hydrogen-bond donors (Lipinski definition) is 2. The smallest absolute Gasteiger partial charge is 0.270 e. The van der Waals surface area contributed by atoms with Gasteiger partial charge in [0.25, 0.3) is 5.91 Å². The molecule has 130 valence electrons. The fourth-order valence-corrected chi connectivity index (χ4v) is 4.49. The van der Waals surface area contributed by atoms with Crippen molar-refractivity contribution in [2.75, 3.05) is 26.2 Å². The highest BCUT2D eigenvalue weighted by Gasteiger charge is 2.20. The van der Waals surface area contributed by atoms with Gasteiger partial charge in [-0.15, -0.1) is 22.7 Å². The van der Waals surface area contributed by atoms with Crippen molar-refractivity contribution in [1.29, 1.82) is 0 Å². The molecule has 1 aliphatic heterocycles. The van der Waals surface area contributed by atoms with Gasteiger partial charge in [0, 0.05) is 29.8 Å². The molecular formula is C17H24N4OS2. The quantitative estimate of drug-likeness (QED) is 0.791. The van der Waals surface area contributed by atoms with Gasteiger partial charge in [0.05, 0.1) is 5.01 Å². The third-order valence-corrected chi connectivity index (χ3v) is 6.13. The summed E-state index contributed by atoms with van der Waals surface area (Å²) in [6.07, 6.45) is 3.02. The maximum atomic E-state index is 12.2. The van der Waals surface area contributed by atoms with Crippen LogP contribution in [0.4, 0.5) is 0 Å². The van der Waals surface area contributed by atoms with E-state index in [1.165, 1.54) is 16.2 Å². The highest BCUT2D eigenvalue weighted by Crippen LogP contribution is 2.20. The number of likely N-dealkylation sites (tertiary alicyclic amines) is 1. The first kappa shape index (κ1) is 17.5. The molecule has 1 amide bonds. The maximum absolute atomic E-state index is 12.2. The molecule has 0 radical (unpaired) electrons. The molecule has 3 heterocycles. The van der Waals surface area contributed by atoms with Gasteiger partial charge in [-0.25, -0.2) is 4.98 Å². The van der Waals surface area contributed by atoms with E-state index < -0.39 is 0 Å². The van der Waals surface area contributed by atoms with Crippen molar-refractivity contribution in [2.45, 2.75) is 25.8 Å². The van der Waals surface area contributed by atoms with E-state index in [1.54, 1.807) is 0 Å². The van der Waals surface area contributed by atoms with E-state index in [1.807, 2.05) is 16.7 Å². The van der Waals surface area contributed by atoms with Gasteiger partial charge >= 0.3 is 0 Å². The van der Waals surface area contributed by atoms with Gasteiger partial charge in [-0.2, -0.15) is 0 Å². The van der Waals surface area contributed by atoms with Crippen LogP contribution < -0.4 is 11.1 Å². The van der Waals surface area contributed by atoms with Crippen molar-refractivity contribution in [2.24, 2.45) is 11.7 Å². The van der Waals surface area contributed by atoms with Gasteiger partial charge in [0.1, 0.15) is 5.69 Å². The van der Waals surface area contributed by atoms with E-state index in [2.05, 4.69) is 32.7 Å². The first-order valence-electron chi connectivity index (χ1n) is 8.42. The lowest BCUT2D eigenvalue weighted by Crippen LogP contribution is -2.38. The Balaban J connectivity index is 1.39. The zero-order chi connectivity index (χ0) is 16.8. The van der Waals surface area contributed by atoms with Crippen molar-refractivity contribution >= 4 is 28.6 Å². The van der Waals surface area contributed by atoms with Gasteiger partial charge in [-0.1, -0.05) is 6.07 Å². The highest BCUT2D eigenvalue weighted by atomic mass is 32.1. The molecule has 24 heavy (non-hydrogen) atoms. The van der Waals surface area contributed by atoms with Crippen molar-refractivity contribution in [3.05, 3.63) is 38.5 Å². The van der Waals surface area contributed by atoms with Crippen LogP contribution >= 0.6 is 22.7 Å². The first-order valence-corrected chi connectivity index (χ1v) is 10.2. The number of piperidine rings is 1. The van der Waals surface area contributed by atoms with Crippen LogP contribution in [-0.4, -0.2) is 42.0 Å². The second kappa shape index (κ2) is 8.71. The Labute approximate surface area is 150 Å². The number of carbonyl (C=O) groups is 1. The molecule has 5 nitrogen and oxygen atoms in total. The summed E-state index contributed by atoms with van der Waals surface area (Å²) in [5.74, 6) is 0.506. The molecule has 1 fully saturated rings. The Morgan fingerprint density at radius 2 is 2.21 bits per heavy atom. The summed E-state index contributed by atoms with van der Waals surface area (Å²) >= 11 is 3.33. The van der Waals surface area contributed by atoms with Gasteiger partial charge in [-0.3, -0.25) is 9.69 Å². The molecule has 2 aromatic rings. The van der Waals surface area contributed by atoms with E-state index in [0.717, 1.165) is 50.4 Å². The summed E-state index contributed by atoms with van der Waals surface area (Å²) in [5.41, 5.74) is 6.04. The Morgan fingerprint density at radius 3 is 2.92 bits per heavy atom. The molecular weight excluding hydrogens is 340 g/mol. The van der Waals surface area contributed by atoms with E-state index >= 15 is 0 Å². The predicted octanol–water partition coefficient (Wildman–Crippen LogP) is 2.35. The largest absolute Gasteiger partial charge is 0.350 e. The second-order valence-corrected chi connectivity index (χ2v) is 8.15. The number of amides is 1. The van der Waals surface area contributed by atoms with Crippen LogP contribution in [0, 0.1) is 5.92 Å². The molecule has 0 atom stereocenters. The molecule has 1 saturated heterocycles. The summed E-state index contributed by atoms with van der Waals surface area (Å²) < 4.78 is 0. The lowest BCUT2D eigenvalue weighted by Gasteiger charge is -2.31. The molecule has 0 bridgehead atoms. The van der Waals surface area contributed by atoms with E-state index in [0.29, 0.717) is 18.2 Å². The highest BCUT2D eigenvalue weighted by molar-refractivity contribution is 7.10. The number of nitrogens with one attached hydrogen (secondary N) is 1. The Kier molecular flexibility index (Phi) is 6.37. The number of carbonyl (C=O) groups excluding carboxylic acids is 1. The number of thiophene rings is 1. The Hall–Kier alpha value is -1.28. The molecule has 2 aromatic heterocycles. The Morgan fingerprint density at radius 1 is 1.38 bits per heavy atom. The molecule has 1 aliphatic rings. The van der Waals surface area contributed by atoms with Crippen LogP contribution in [0.15, 0.2) is 22.9 Å². The van der Waals surface area contributed by atoms with Gasteiger partial charge < -0.3 is 11.1 Å². The number of nitrogens with two attached hydrogens (primary N) is 1. The van der Waals surface area contributed by atoms with Crippen LogP contribution in [0.2, 0.25) is 0 Å². The molecule has 0 aliphatic carbocycles. The fourth-order valence-electron chi connectivity index (χ4n) is 2.95. The minimum atomic E-state index is -0.0597. The lowest BCUT2D eigenvalue weighted by atomic mass is 9.96. The molecule has 7 heteroatoms. The molecule has 0 aromatic carbocycles. The van der Waals surface area contributed by atoms with Crippen LogP contribution in [0.25, 0.3) is 0 Å². The number of thiazole rings is 1. The van der Waals surface area contributed by atoms with E-state index in [4.69, 9.17) is 5.73 Å². The SMILES string of the molecule is NCCc1nc(C(=O)NCC2CCN(Cc3cccs3)CC2)cs1. The third kappa shape index (κ3) is 4.86. The first-order chi connectivity index (χ1) is 11.7. The number of aromatic nitrogens is 1. The molecule has 0 spiro atoms.